The number of hydrogen-bond donors (Lipinski definition) is 1. The van der Waals surface area contributed by atoms with E-state index in [-0.39, 0.29) is 0 Å². The summed E-state index contributed by atoms with van der Waals surface area (Å²) in [5.41, 5.74) is 2.80. The first kappa shape index (κ1) is 15.7. The van der Waals surface area contributed by atoms with E-state index in [0.29, 0.717) is 5.92 Å². The molecule has 21 heavy (non-hydrogen) atoms. The molecule has 0 aliphatic carbocycles. The van der Waals surface area contributed by atoms with Gasteiger partial charge in [-0.15, -0.1) is 0 Å². The Bertz CT molecular complexity index is 547. The number of nitrogens with one attached hydrogen (secondary N) is 1. The van der Waals surface area contributed by atoms with Gasteiger partial charge in [-0.3, -0.25) is 4.68 Å². The van der Waals surface area contributed by atoms with Crippen molar-refractivity contribution >= 4 is 0 Å². The Morgan fingerprint density at radius 2 is 2.05 bits per heavy atom. The van der Waals surface area contributed by atoms with Crippen molar-refractivity contribution in [2.24, 2.45) is 5.92 Å². The topological polar surface area (TPSA) is 42.7 Å². The van der Waals surface area contributed by atoms with Crippen molar-refractivity contribution in [1.29, 1.82) is 0 Å². The van der Waals surface area contributed by atoms with E-state index < -0.39 is 0 Å². The molecule has 114 valence electrons. The van der Waals surface area contributed by atoms with Crippen molar-refractivity contribution in [3.8, 4) is 0 Å². The van der Waals surface area contributed by atoms with Crippen molar-refractivity contribution in [2.45, 2.75) is 39.7 Å². The van der Waals surface area contributed by atoms with Crippen molar-refractivity contribution in [3.63, 3.8) is 0 Å². The molecule has 0 saturated heterocycles. The van der Waals surface area contributed by atoms with Crippen LogP contribution in [-0.2, 0) is 19.4 Å². The Morgan fingerprint density at radius 3 is 2.76 bits per heavy atom. The SMILES string of the molecule is CCCn1ncnc1CC(CNC)Cc1ccccc1C. The molecule has 2 aromatic rings. The van der Waals surface area contributed by atoms with E-state index >= 15 is 0 Å². The van der Waals surface area contributed by atoms with E-state index in [1.165, 1.54) is 11.1 Å². The predicted octanol–water partition coefficient (Wildman–Crippen LogP) is 2.62. The zero-order valence-corrected chi connectivity index (χ0v) is 13.3. The Hall–Kier alpha value is -1.68. The molecule has 4 heteroatoms. The number of rotatable bonds is 8. The molecular weight excluding hydrogens is 260 g/mol. The normalized spacial score (nSPS) is 12.5. The second-order valence-corrected chi connectivity index (χ2v) is 5.66. The van der Waals surface area contributed by atoms with Crippen LogP contribution in [0.5, 0.6) is 0 Å². The first-order valence-corrected chi connectivity index (χ1v) is 7.80. The van der Waals surface area contributed by atoms with Crippen LogP contribution in [-0.4, -0.2) is 28.4 Å². The summed E-state index contributed by atoms with van der Waals surface area (Å²) >= 11 is 0. The van der Waals surface area contributed by atoms with Crippen LogP contribution in [0.1, 0.15) is 30.3 Å². The van der Waals surface area contributed by atoms with E-state index in [0.717, 1.165) is 38.2 Å². The van der Waals surface area contributed by atoms with Crippen LogP contribution in [0.4, 0.5) is 0 Å². The van der Waals surface area contributed by atoms with Crippen molar-refractivity contribution in [3.05, 3.63) is 47.5 Å². The zero-order chi connectivity index (χ0) is 15.1. The summed E-state index contributed by atoms with van der Waals surface area (Å²) in [6.45, 7) is 6.30. The molecule has 1 aromatic carbocycles. The van der Waals surface area contributed by atoms with Crippen LogP contribution in [0.2, 0.25) is 0 Å². The Kier molecular flexibility index (Phi) is 5.93. The van der Waals surface area contributed by atoms with Gasteiger partial charge in [-0.05, 0) is 50.4 Å². The standard InChI is InChI=1S/C17H26N4/c1-4-9-21-17(19-13-20-21)11-15(12-18-3)10-16-8-6-5-7-14(16)2/h5-8,13,15,18H,4,9-12H2,1-3H3. The monoisotopic (exact) mass is 286 g/mol. The first-order chi connectivity index (χ1) is 10.2. The molecule has 0 aliphatic rings. The molecule has 0 bridgehead atoms. The van der Waals surface area contributed by atoms with Gasteiger partial charge < -0.3 is 5.32 Å². The number of benzene rings is 1. The minimum absolute atomic E-state index is 0.538. The Labute approximate surface area is 127 Å². The third-order valence-corrected chi connectivity index (χ3v) is 3.87. The summed E-state index contributed by atoms with van der Waals surface area (Å²) in [5.74, 6) is 1.64. The summed E-state index contributed by atoms with van der Waals surface area (Å²) in [4.78, 5) is 4.44. The van der Waals surface area contributed by atoms with Crippen LogP contribution in [0.25, 0.3) is 0 Å². The molecule has 0 amide bonds. The lowest BCUT2D eigenvalue weighted by atomic mass is 9.93. The molecule has 0 spiro atoms. The number of nitrogens with zero attached hydrogens (tertiary/aromatic N) is 3. The maximum absolute atomic E-state index is 4.44. The van der Waals surface area contributed by atoms with Gasteiger partial charge in [0.2, 0.25) is 0 Å². The first-order valence-electron chi connectivity index (χ1n) is 7.80. The highest BCUT2D eigenvalue weighted by atomic mass is 15.3. The van der Waals surface area contributed by atoms with Gasteiger partial charge in [-0.2, -0.15) is 5.10 Å². The van der Waals surface area contributed by atoms with Crippen LogP contribution in [0.15, 0.2) is 30.6 Å². The summed E-state index contributed by atoms with van der Waals surface area (Å²) in [6.07, 6.45) is 4.81. The van der Waals surface area contributed by atoms with E-state index in [1.807, 2.05) is 11.7 Å². The molecule has 1 unspecified atom stereocenters. The van der Waals surface area contributed by atoms with Crippen LogP contribution in [0, 0.1) is 12.8 Å². The van der Waals surface area contributed by atoms with Crippen LogP contribution < -0.4 is 5.32 Å². The minimum Gasteiger partial charge on any atom is -0.319 e. The van der Waals surface area contributed by atoms with Gasteiger partial charge in [-0.1, -0.05) is 31.2 Å². The summed E-state index contributed by atoms with van der Waals surface area (Å²) in [5, 5.41) is 7.64. The lowest BCUT2D eigenvalue weighted by Crippen LogP contribution is -2.24. The molecular formula is C17H26N4. The second kappa shape index (κ2) is 7.93. The molecule has 0 saturated carbocycles. The van der Waals surface area contributed by atoms with Gasteiger partial charge in [0.1, 0.15) is 12.2 Å². The highest BCUT2D eigenvalue weighted by Crippen LogP contribution is 2.16. The molecule has 0 radical (unpaired) electrons. The average molecular weight is 286 g/mol. The van der Waals surface area contributed by atoms with Crippen LogP contribution in [0.3, 0.4) is 0 Å². The van der Waals surface area contributed by atoms with Gasteiger partial charge in [-0.25, -0.2) is 4.98 Å². The van der Waals surface area contributed by atoms with E-state index in [9.17, 15) is 0 Å². The largest absolute Gasteiger partial charge is 0.319 e. The summed E-state index contributed by atoms with van der Waals surface area (Å²) in [6, 6.07) is 8.64. The van der Waals surface area contributed by atoms with Crippen molar-refractivity contribution in [1.82, 2.24) is 20.1 Å². The van der Waals surface area contributed by atoms with Gasteiger partial charge in [0.25, 0.3) is 0 Å². The average Bonchev–Trinajstić information content (AvgIpc) is 2.89. The molecule has 4 nitrogen and oxygen atoms in total. The molecule has 1 aromatic heterocycles. The van der Waals surface area contributed by atoms with E-state index in [4.69, 9.17) is 0 Å². The van der Waals surface area contributed by atoms with E-state index in [1.54, 1.807) is 6.33 Å². The molecule has 1 atom stereocenters. The quantitative estimate of drug-likeness (QED) is 0.811. The highest BCUT2D eigenvalue weighted by molar-refractivity contribution is 5.26. The fourth-order valence-electron chi connectivity index (χ4n) is 2.76. The number of hydrogen-bond acceptors (Lipinski definition) is 3. The lowest BCUT2D eigenvalue weighted by molar-refractivity contribution is 0.457. The van der Waals surface area contributed by atoms with E-state index in [2.05, 4.69) is 53.5 Å². The summed E-state index contributed by atoms with van der Waals surface area (Å²) in [7, 11) is 2.02. The number of aryl methyl sites for hydroxylation is 2. The Balaban J connectivity index is 2.08. The fraction of sp³-hybridized carbons (Fsp3) is 0.529. The molecule has 1 N–H and O–H groups in total. The van der Waals surface area contributed by atoms with Crippen LogP contribution >= 0.6 is 0 Å². The second-order valence-electron chi connectivity index (χ2n) is 5.66. The van der Waals surface area contributed by atoms with Crippen molar-refractivity contribution < 1.29 is 0 Å². The molecule has 0 fully saturated rings. The fourth-order valence-corrected chi connectivity index (χ4v) is 2.76. The lowest BCUT2D eigenvalue weighted by Gasteiger charge is -2.18. The van der Waals surface area contributed by atoms with Gasteiger partial charge in [0, 0.05) is 13.0 Å². The smallest absolute Gasteiger partial charge is 0.138 e. The highest BCUT2D eigenvalue weighted by Gasteiger charge is 2.15. The molecule has 1 heterocycles. The molecule has 2 rings (SSSR count). The van der Waals surface area contributed by atoms with Gasteiger partial charge >= 0.3 is 0 Å². The van der Waals surface area contributed by atoms with Gasteiger partial charge in [0.05, 0.1) is 0 Å². The zero-order valence-electron chi connectivity index (χ0n) is 13.3. The minimum atomic E-state index is 0.538. The third kappa shape index (κ3) is 4.39. The maximum atomic E-state index is 4.44. The maximum Gasteiger partial charge on any atom is 0.138 e. The predicted molar refractivity (Wildman–Crippen MR) is 86.3 cm³/mol. The summed E-state index contributed by atoms with van der Waals surface area (Å²) < 4.78 is 2.04. The molecule has 0 aliphatic heterocycles. The third-order valence-electron chi connectivity index (χ3n) is 3.87. The Morgan fingerprint density at radius 1 is 1.24 bits per heavy atom. The van der Waals surface area contributed by atoms with Gasteiger partial charge in [0.15, 0.2) is 0 Å². The number of aromatic nitrogens is 3. The van der Waals surface area contributed by atoms with Crippen molar-refractivity contribution in [2.75, 3.05) is 13.6 Å².